The number of carboxylic acids is 1. The van der Waals surface area contributed by atoms with Crippen LogP contribution < -0.4 is 0 Å². The smallest absolute Gasteiger partial charge is 0.320 e. The van der Waals surface area contributed by atoms with Gasteiger partial charge in [-0.15, -0.1) is 0 Å². The molecular weight excluding hydrogens is 137 g/mol. The van der Waals surface area contributed by atoms with E-state index in [-0.39, 0.29) is 24.9 Å². The van der Waals surface area contributed by atoms with Crippen molar-refractivity contribution in [3.8, 4) is 0 Å². The van der Waals surface area contributed by atoms with Crippen molar-refractivity contribution in [3.63, 3.8) is 0 Å². The number of likely N-dealkylation sites (N-methyl/N-ethyl adjacent to an activating group) is 1. The van der Waals surface area contributed by atoms with Gasteiger partial charge in [0.25, 0.3) is 0 Å². The fourth-order valence-corrected chi connectivity index (χ4v) is 1.48. The van der Waals surface area contributed by atoms with Crippen molar-refractivity contribution >= 4 is 24.8 Å². The molecular formula is C7H13LiNO2. The molecule has 1 saturated heterocycles. The van der Waals surface area contributed by atoms with Crippen LogP contribution in [0.1, 0.15) is 19.8 Å². The van der Waals surface area contributed by atoms with Crippen LogP contribution in [0.5, 0.6) is 0 Å². The van der Waals surface area contributed by atoms with Crippen LogP contribution in [0.15, 0.2) is 0 Å². The SMILES string of the molecule is CCN1CCCC1C(=O)O.[Li]. The van der Waals surface area contributed by atoms with E-state index in [2.05, 4.69) is 0 Å². The second-order valence-corrected chi connectivity index (χ2v) is 2.62. The maximum atomic E-state index is 10.5. The van der Waals surface area contributed by atoms with Crippen LogP contribution in [0, 0.1) is 0 Å². The molecule has 0 aromatic rings. The van der Waals surface area contributed by atoms with Crippen LogP contribution in [0.4, 0.5) is 0 Å². The van der Waals surface area contributed by atoms with Crippen LogP contribution in [0.2, 0.25) is 0 Å². The Balaban J connectivity index is 0.000001000. The van der Waals surface area contributed by atoms with Gasteiger partial charge in [0.2, 0.25) is 0 Å². The molecule has 1 radical (unpaired) electrons. The van der Waals surface area contributed by atoms with Crippen LogP contribution in [-0.2, 0) is 4.79 Å². The monoisotopic (exact) mass is 150 g/mol. The summed E-state index contributed by atoms with van der Waals surface area (Å²) in [4.78, 5) is 12.5. The molecule has 3 nitrogen and oxygen atoms in total. The molecule has 0 saturated carbocycles. The molecule has 0 aromatic heterocycles. The van der Waals surface area contributed by atoms with Crippen LogP contribution in [-0.4, -0.2) is 54.0 Å². The molecule has 11 heavy (non-hydrogen) atoms. The summed E-state index contributed by atoms with van der Waals surface area (Å²) in [5.74, 6) is -0.667. The van der Waals surface area contributed by atoms with Crippen molar-refractivity contribution in [1.29, 1.82) is 0 Å². The largest absolute Gasteiger partial charge is 0.480 e. The zero-order valence-electron chi connectivity index (χ0n) is 7.21. The number of carbonyl (C=O) groups is 1. The predicted molar refractivity (Wildman–Crippen MR) is 43.7 cm³/mol. The third-order valence-corrected chi connectivity index (χ3v) is 2.05. The van der Waals surface area contributed by atoms with Crippen molar-refractivity contribution in [2.75, 3.05) is 13.1 Å². The first-order valence-electron chi connectivity index (χ1n) is 3.72. The van der Waals surface area contributed by atoms with Crippen molar-refractivity contribution in [1.82, 2.24) is 4.90 Å². The van der Waals surface area contributed by atoms with E-state index >= 15 is 0 Å². The molecule has 1 aliphatic heterocycles. The third-order valence-electron chi connectivity index (χ3n) is 2.05. The Morgan fingerprint density at radius 2 is 2.36 bits per heavy atom. The maximum absolute atomic E-state index is 10.5. The molecule has 1 N–H and O–H groups in total. The summed E-state index contributed by atoms with van der Waals surface area (Å²) in [6.45, 7) is 3.81. The minimum absolute atomic E-state index is 0. The van der Waals surface area contributed by atoms with E-state index in [9.17, 15) is 4.79 Å². The fraction of sp³-hybridized carbons (Fsp3) is 0.857. The quantitative estimate of drug-likeness (QED) is 0.570. The van der Waals surface area contributed by atoms with E-state index in [1.54, 1.807) is 0 Å². The Bertz CT molecular complexity index is 140. The van der Waals surface area contributed by atoms with Crippen molar-refractivity contribution in [2.24, 2.45) is 0 Å². The normalized spacial score (nSPS) is 24.6. The summed E-state index contributed by atoms with van der Waals surface area (Å²) in [5.41, 5.74) is 0. The Morgan fingerprint density at radius 3 is 2.73 bits per heavy atom. The summed E-state index contributed by atoms with van der Waals surface area (Å²) in [6.07, 6.45) is 1.86. The van der Waals surface area contributed by atoms with Gasteiger partial charge in [-0.1, -0.05) is 6.92 Å². The predicted octanol–water partition coefficient (Wildman–Crippen LogP) is 0.174. The van der Waals surface area contributed by atoms with E-state index in [0.717, 1.165) is 25.9 Å². The van der Waals surface area contributed by atoms with E-state index in [1.165, 1.54) is 0 Å². The van der Waals surface area contributed by atoms with Gasteiger partial charge in [-0.05, 0) is 25.9 Å². The van der Waals surface area contributed by atoms with Gasteiger partial charge in [0.1, 0.15) is 6.04 Å². The Hall–Kier alpha value is 0.0274. The first-order chi connectivity index (χ1) is 4.75. The second kappa shape index (κ2) is 4.82. The topological polar surface area (TPSA) is 40.5 Å². The van der Waals surface area contributed by atoms with Gasteiger partial charge in [-0.3, -0.25) is 9.69 Å². The molecule has 1 rings (SSSR count). The number of carboxylic acid groups (broad SMARTS) is 1. The van der Waals surface area contributed by atoms with E-state index in [4.69, 9.17) is 5.11 Å². The molecule has 1 atom stereocenters. The van der Waals surface area contributed by atoms with E-state index < -0.39 is 5.97 Å². The van der Waals surface area contributed by atoms with Crippen molar-refractivity contribution < 1.29 is 9.90 Å². The zero-order valence-corrected chi connectivity index (χ0v) is 7.21. The van der Waals surface area contributed by atoms with Gasteiger partial charge in [0.05, 0.1) is 0 Å². The molecule has 0 amide bonds. The van der Waals surface area contributed by atoms with Crippen LogP contribution in [0.3, 0.4) is 0 Å². The number of nitrogens with zero attached hydrogens (tertiary/aromatic N) is 1. The van der Waals surface area contributed by atoms with Gasteiger partial charge >= 0.3 is 5.97 Å². The van der Waals surface area contributed by atoms with Gasteiger partial charge in [-0.25, -0.2) is 0 Å². The molecule has 0 aliphatic carbocycles. The average Bonchev–Trinajstić information content (AvgIpc) is 2.33. The Morgan fingerprint density at radius 1 is 1.73 bits per heavy atom. The zero-order chi connectivity index (χ0) is 7.56. The van der Waals surface area contributed by atoms with Crippen LogP contribution in [0.25, 0.3) is 0 Å². The number of likely N-dealkylation sites (tertiary alicyclic amines) is 1. The minimum atomic E-state index is -0.667. The van der Waals surface area contributed by atoms with Gasteiger partial charge in [0.15, 0.2) is 0 Å². The third kappa shape index (κ3) is 2.52. The molecule has 1 aliphatic rings. The molecule has 1 unspecified atom stereocenters. The van der Waals surface area contributed by atoms with Crippen molar-refractivity contribution in [3.05, 3.63) is 0 Å². The molecule has 1 heterocycles. The molecule has 1 fully saturated rings. The first kappa shape index (κ1) is 11.0. The summed E-state index contributed by atoms with van der Waals surface area (Å²) in [5, 5.41) is 8.67. The minimum Gasteiger partial charge on any atom is -0.480 e. The standard InChI is InChI=1S/C7H13NO2.Li/c1-2-8-5-3-4-6(8)7(9)10;/h6H,2-5H2,1H3,(H,9,10);. The van der Waals surface area contributed by atoms with E-state index in [0.29, 0.717) is 0 Å². The Labute approximate surface area is 78.9 Å². The Kier molecular flexibility index (Phi) is 4.83. The number of hydrogen-bond acceptors (Lipinski definition) is 2. The fourth-order valence-electron chi connectivity index (χ4n) is 1.48. The van der Waals surface area contributed by atoms with E-state index in [1.807, 2.05) is 11.8 Å². The van der Waals surface area contributed by atoms with Gasteiger partial charge in [0, 0.05) is 18.9 Å². The first-order valence-corrected chi connectivity index (χ1v) is 3.72. The second-order valence-electron chi connectivity index (χ2n) is 2.62. The summed E-state index contributed by atoms with van der Waals surface area (Å²) in [7, 11) is 0. The van der Waals surface area contributed by atoms with Crippen LogP contribution >= 0.6 is 0 Å². The molecule has 0 spiro atoms. The van der Waals surface area contributed by atoms with Crippen molar-refractivity contribution in [2.45, 2.75) is 25.8 Å². The number of rotatable bonds is 2. The molecule has 59 valence electrons. The number of hydrogen-bond donors (Lipinski definition) is 1. The molecule has 0 bridgehead atoms. The molecule has 4 heteroatoms. The maximum Gasteiger partial charge on any atom is 0.320 e. The summed E-state index contributed by atoms with van der Waals surface area (Å²) < 4.78 is 0. The van der Waals surface area contributed by atoms with Gasteiger partial charge in [-0.2, -0.15) is 0 Å². The number of aliphatic carboxylic acids is 1. The summed E-state index contributed by atoms with van der Waals surface area (Å²) in [6, 6.07) is -0.204. The summed E-state index contributed by atoms with van der Waals surface area (Å²) >= 11 is 0. The van der Waals surface area contributed by atoms with Gasteiger partial charge < -0.3 is 5.11 Å². The average molecular weight is 150 g/mol. The molecule has 0 aromatic carbocycles.